The zero-order chi connectivity index (χ0) is 18.7. The van der Waals surface area contributed by atoms with Crippen molar-refractivity contribution in [3.05, 3.63) is 35.9 Å². The van der Waals surface area contributed by atoms with Gasteiger partial charge in [-0.2, -0.15) is 0 Å². The minimum absolute atomic E-state index is 0.00854. The Labute approximate surface area is 157 Å². The molecular formula is C18H24N4O3S. The van der Waals surface area contributed by atoms with E-state index < -0.39 is 0 Å². The second kappa shape index (κ2) is 8.09. The molecule has 0 aromatic heterocycles. The molecule has 2 saturated heterocycles. The van der Waals surface area contributed by atoms with Gasteiger partial charge in [0.05, 0.1) is 17.8 Å². The third-order valence-electron chi connectivity index (χ3n) is 4.91. The summed E-state index contributed by atoms with van der Waals surface area (Å²) in [6.45, 7) is 1.22. The number of hydrogen-bond donors (Lipinski definition) is 2. The van der Waals surface area contributed by atoms with Crippen LogP contribution >= 0.6 is 11.8 Å². The van der Waals surface area contributed by atoms with Gasteiger partial charge in [-0.15, -0.1) is 11.8 Å². The van der Waals surface area contributed by atoms with Crippen molar-refractivity contribution in [1.82, 2.24) is 20.4 Å². The molecule has 140 valence electrons. The maximum absolute atomic E-state index is 12.6. The summed E-state index contributed by atoms with van der Waals surface area (Å²) in [7, 11) is 3.22. The second-order valence-electron chi connectivity index (χ2n) is 6.62. The third kappa shape index (κ3) is 3.86. The van der Waals surface area contributed by atoms with Gasteiger partial charge in [0.15, 0.2) is 0 Å². The van der Waals surface area contributed by atoms with E-state index in [-0.39, 0.29) is 35.2 Å². The largest absolute Gasteiger partial charge is 0.351 e. The molecule has 0 saturated carbocycles. The number of carbonyl (C=O) groups excluding carboxylic acids is 3. The number of fused-ring (bicyclic) bond motifs is 1. The number of benzene rings is 1. The Morgan fingerprint density at radius 2 is 2.00 bits per heavy atom. The molecule has 2 aliphatic rings. The van der Waals surface area contributed by atoms with Crippen LogP contribution < -0.4 is 10.6 Å². The maximum atomic E-state index is 12.6. The highest BCUT2D eigenvalue weighted by Gasteiger charge is 2.48. The van der Waals surface area contributed by atoms with Crippen molar-refractivity contribution in [1.29, 1.82) is 0 Å². The summed E-state index contributed by atoms with van der Waals surface area (Å²) < 4.78 is 0. The molecule has 0 aliphatic carbocycles. The number of thioether (sulfide) groups is 1. The zero-order valence-corrected chi connectivity index (χ0v) is 15.8. The molecule has 4 amide bonds. The lowest BCUT2D eigenvalue weighted by atomic mass is 9.91. The Bertz CT molecular complexity index is 684. The van der Waals surface area contributed by atoms with E-state index in [0.717, 1.165) is 18.5 Å². The molecule has 2 N–H and O–H groups in total. The fourth-order valence-electron chi connectivity index (χ4n) is 3.45. The van der Waals surface area contributed by atoms with Crippen molar-refractivity contribution in [2.24, 2.45) is 5.92 Å². The van der Waals surface area contributed by atoms with Gasteiger partial charge in [0.25, 0.3) is 0 Å². The summed E-state index contributed by atoms with van der Waals surface area (Å²) in [4.78, 5) is 39.6. The molecule has 0 radical (unpaired) electrons. The molecule has 8 heteroatoms. The minimum atomic E-state index is -0.330. The van der Waals surface area contributed by atoms with Crippen LogP contribution in [0.4, 0.5) is 4.79 Å². The molecule has 0 bridgehead atoms. The van der Waals surface area contributed by atoms with E-state index in [1.165, 1.54) is 23.7 Å². The van der Waals surface area contributed by atoms with Crippen molar-refractivity contribution in [2.45, 2.75) is 24.4 Å². The van der Waals surface area contributed by atoms with E-state index in [9.17, 15) is 14.4 Å². The summed E-state index contributed by atoms with van der Waals surface area (Å²) >= 11 is 1.50. The van der Waals surface area contributed by atoms with Gasteiger partial charge in [-0.25, -0.2) is 4.79 Å². The summed E-state index contributed by atoms with van der Waals surface area (Å²) in [5, 5.41) is 6.18. The molecule has 26 heavy (non-hydrogen) atoms. The van der Waals surface area contributed by atoms with Gasteiger partial charge in [0.2, 0.25) is 11.8 Å². The number of nitrogens with zero attached hydrogens (tertiary/aromatic N) is 2. The minimum Gasteiger partial charge on any atom is -0.351 e. The highest BCUT2D eigenvalue weighted by molar-refractivity contribution is 8.00. The van der Waals surface area contributed by atoms with Crippen LogP contribution in [0.2, 0.25) is 0 Å². The average Bonchev–Trinajstić information content (AvgIpc) is 2.68. The van der Waals surface area contributed by atoms with Gasteiger partial charge in [-0.1, -0.05) is 30.3 Å². The number of amides is 4. The van der Waals surface area contributed by atoms with Crippen LogP contribution in [-0.4, -0.2) is 65.5 Å². The van der Waals surface area contributed by atoms with E-state index in [1.54, 1.807) is 11.9 Å². The van der Waals surface area contributed by atoms with Gasteiger partial charge < -0.3 is 10.2 Å². The second-order valence-corrected chi connectivity index (χ2v) is 7.84. The van der Waals surface area contributed by atoms with Gasteiger partial charge in [-0.3, -0.25) is 19.8 Å². The smallest absolute Gasteiger partial charge is 0.327 e. The predicted molar refractivity (Wildman–Crippen MR) is 100 cm³/mol. The first-order valence-corrected chi connectivity index (χ1v) is 9.74. The third-order valence-corrected chi connectivity index (χ3v) is 6.29. The van der Waals surface area contributed by atoms with Gasteiger partial charge in [-0.05, 0) is 18.5 Å². The van der Waals surface area contributed by atoms with Crippen molar-refractivity contribution < 1.29 is 14.4 Å². The number of urea groups is 1. The molecule has 1 aromatic rings. The number of rotatable bonds is 5. The zero-order valence-electron chi connectivity index (χ0n) is 15.0. The van der Waals surface area contributed by atoms with Crippen LogP contribution in [0.25, 0.3) is 0 Å². The Kier molecular flexibility index (Phi) is 5.83. The number of nitrogens with one attached hydrogen (secondary N) is 2. The van der Waals surface area contributed by atoms with E-state index in [1.807, 2.05) is 30.3 Å². The number of imide groups is 1. The molecule has 2 fully saturated rings. The van der Waals surface area contributed by atoms with Gasteiger partial charge in [0, 0.05) is 25.9 Å². The standard InChI is InChI=1S/C18H24N4O3S/c1-21-16-15(17(24)22(2)18(21)25)13(8-9-19-16)26-11-14(23)20-10-12-6-4-3-5-7-12/h3-7,13,15-16,19H,8-11H2,1-2H3,(H,20,23). The predicted octanol–water partition coefficient (Wildman–Crippen LogP) is 0.864. The first-order valence-electron chi connectivity index (χ1n) is 8.69. The van der Waals surface area contributed by atoms with E-state index in [4.69, 9.17) is 0 Å². The molecule has 3 unspecified atom stereocenters. The Morgan fingerprint density at radius 3 is 2.73 bits per heavy atom. The fraction of sp³-hybridized carbons (Fsp3) is 0.500. The Morgan fingerprint density at radius 1 is 1.27 bits per heavy atom. The number of piperidine rings is 1. The first-order chi connectivity index (χ1) is 12.5. The Balaban J connectivity index is 1.56. The van der Waals surface area contributed by atoms with Gasteiger partial charge >= 0.3 is 6.03 Å². The molecule has 0 spiro atoms. The van der Waals surface area contributed by atoms with Crippen LogP contribution in [0.3, 0.4) is 0 Å². The average molecular weight is 376 g/mol. The summed E-state index contributed by atoms with van der Waals surface area (Å²) in [6, 6.07) is 9.45. The van der Waals surface area contributed by atoms with Crippen LogP contribution in [-0.2, 0) is 16.1 Å². The quantitative estimate of drug-likeness (QED) is 0.797. The monoisotopic (exact) mass is 376 g/mol. The lowest BCUT2D eigenvalue weighted by Gasteiger charge is -2.47. The summed E-state index contributed by atoms with van der Waals surface area (Å²) in [5.41, 5.74) is 1.05. The van der Waals surface area contributed by atoms with E-state index in [0.29, 0.717) is 12.3 Å². The highest BCUT2D eigenvalue weighted by Crippen LogP contribution is 2.33. The van der Waals surface area contributed by atoms with Crippen molar-refractivity contribution in [3.8, 4) is 0 Å². The summed E-state index contributed by atoms with van der Waals surface area (Å²) in [6.07, 6.45) is 0.490. The molecule has 3 rings (SSSR count). The van der Waals surface area contributed by atoms with Crippen LogP contribution in [0, 0.1) is 5.92 Å². The highest BCUT2D eigenvalue weighted by atomic mass is 32.2. The molecular weight excluding hydrogens is 352 g/mol. The topological polar surface area (TPSA) is 81.8 Å². The molecule has 2 aliphatic heterocycles. The Hall–Kier alpha value is -2.06. The van der Waals surface area contributed by atoms with Crippen LogP contribution in [0.1, 0.15) is 12.0 Å². The van der Waals surface area contributed by atoms with Crippen LogP contribution in [0.15, 0.2) is 30.3 Å². The normalized spacial score (nSPS) is 25.8. The summed E-state index contributed by atoms with van der Waals surface area (Å²) in [5.74, 6) is -0.249. The van der Waals surface area contributed by atoms with Crippen molar-refractivity contribution >= 4 is 29.6 Å². The lowest BCUT2D eigenvalue weighted by Crippen LogP contribution is -2.68. The maximum Gasteiger partial charge on any atom is 0.327 e. The molecule has 1 aromatic carbocycles. The lowest BCUT2D eigenvalue weighted by molar-refractivity contribution is -0.138. The van der Waals surface area contributed by atoms with Gasteiger partial charge in [0.1, 0.15) is 0 Å². The SMILES string of the molecule is CN1C(=O)C2C(SCC(=O)NCc3ccccc3)CCNC2N(C)C1=O. The number of hydrogen-bond acceptors (Lipinski definition) is 5. The van der Waals surface area contributed by atoms with Crippen molar-refractivity contribution in [2.75, 3.05) is 26.4 Å². The first kappa shape index (κ1) is 18.7. The van der Waals surface area contributed by atoms with Crippen LogP contribution in [0.5, 0.6) is 0 Å². The molecule has 7 nitrogen and oxygen atoms in total. The molecule has 2 heterocycles. The number of carbonyl (C=O) groups is 3. The van der Waals surface area contributed by atoms with Crippen molar-refractivity contribution in [3.63, 3.8) is 0 Å². The molecule has 3 atom stereocenters. The fourth-order valence-corrected chi connectivity index (χ4v) is 4.67. The van der Waals surface area contributed by atoms with E-state index >= 15 is 0 Å². The van der Waals surface area contributed by atoms with E-state index in [2.05, 4.69) is 10.6 Å².